The van der Waals surface area contributed by atoms with Crippen LogP contribution in [0.3, 0.4) is 0 Å². The highest BCUT2D eigenvalue weighted by Crippen LogP contribution is 2.28. The van der Waals surface area contributed by atoms with Crippen molar-refractivity contribution in [2.45, 2.75) is 20.1 Å². The molecule has 0 radical (unpaired) electrons. The van der Waals surface area contributed by atoms with Gasteiger partial charge in [0.05, 0.1) is 32.6 Å². The van der Waals surface area contributed by atoms with E-state index in [0.29, 0.717) is 59.9 Å². The highest BCUT2D eigenvalue weighted by Gasteiger charge is 2.18. The number of hydrogen-bond acceptors (Lipinski definition) is 11. The topological polar surface area (TPSA) is 132 Å². The van der Waals surface area contributed by atoms with Gasteiger partial charge >= 0.3 is 0 Å². The predicted octanol–water partition coefficient (Wildman–Crippen LogP) is 1.63. The van der Waals surface area contributed by atoms with E-state index >= 15 is 0 Å². The predicted molar refractivity (Wildman–Crippen MR) is 105 cm³/mol. The minimum absolute atomic E-state index is 0.146. The molecule has 0 bridgehead atoms. The Bertz CT molecular complexity index is 1140. The number of aryl methyl sites for hydroxylation is 1. The first-order valence-corrected chi connectivity index (χ1v) is 9.43. The summed E-state index contributed by atoms with van der Waals surface area (Å²) in [6, 6.07) is 7.07. The van der Waals surface area contributed by atoms with Gasteiger partial charge in [-0.15, -0.1) is 15.3 Å². The summed E-state index contributed by atoms with van der Waals surface area (Å²) in [5.74, 6) is 1.75. The van der Waals surface area contributed by atoms with Crippen LogP contribution in [0, 0.1) is 6.92 Å². The van der Waals surface area contributed by atoms with E-state index < -0.39 is 0 Å². The third-order valence-electron chi connectivity index (χ3n) is 4.22. The summed E-state index contributed by atoms with van der Waals surface area (Å²) in [5.41, 5.74) is 2.34. The fourth-order valence-electron chi connectivity index (χ4n) is 2.68. The first kappa shape index (κ1) is 20.6. The Morgan fingerprint density at radius 2 is 1.77 bits per heavy atom. The van der Waals surface area contributed by atoms with Crippen molar-refractivity contribution >= 4 is 5.65 Å². The SMILES string of the molecule is COCCOCc1ccc(COc2nn3c(-c4cc(C)on4)nnc3cc2OC)nn1. The maximum Gasteiger partial charge on any atom is 0.275 e. The average molecular weight is 427 g/mol. The number of methoxy groups -OCH3 is 2. The molecule has 0 atom stereocenters. The fraction of sp³-hybridized carbons (Fsp3) is 0.368. The monoisotopic (exact) mass is 427 g/mol. The minimum Gasteiger partial charge on any atom is -0.491 e. The van der Waals surface area contributed by atoms with Gasteiger partial charge in [-0.05, 0) is 19.1 Å². The second-order valence-electron chi connectivity index (χ2n) is 6.48. The lowest BCUT2D eigenvalue weighted by Gasteiger charge is -2.10. The van der Waals surface area contributed by atoms with Gasteiger partial charge in [0.25, 0.3) is 5.88 Å². The standard InChI is InChI=1S/C19H21N7O5/c1-12-8-15(25-31-12)18-23-22-17-9-16(28-3)19(24-26(17)18)30-11-14-5-4-13(20-21-14)10-29-7-6-27-2/h4-5,8-9H,6-7,10-11H2,1-3H3. The lowest BCUT2D eigenvalue weighted by molar-refractivity contribution is 0.0598. The van der Waals surface area contributed by atoms with E-state index in [1.54, 1.807) is 26.2 Å². The van der Waals surface area contributed by atoms with Crippen molar-refractivity contribution in [2.75, 3.05) is 27.4 Å². The Balaban J connectivity index is 1.48. The number of rotatable bonds is 10. The van der Waals surface area contributed by atoms with Crippen molar-refractivity contribution in [1.29, 1.82) is 0 Å². The minimum atomic E-state index is 0.146. The molecule has 0 aliphatic carbocycles. The highest BCUT2D eigenvalue weighted by atomic mass is 16.5. The van der Waals surface area contributed by atoms with Crippen LogP contribution in [-0.2, 0) is 22.7 Å². The van der Waals surface area contributed by atoms with Gasteiger partial charge in [-0.2, -0.15) is 14.7 Å². The van der Waals surface area contributed by atoms with Gasteiger partial charge < -0.3 is 23.5 Å². The van der Waals surface area contributed by atoms with E-state index in [1.807, 2.05) is 12.1 Å². The molecule has 12 heteroatoms. The largest absolute Gasteiger partial charge is 0.491 e. The van der Waals surface area contributed by atoms with Crippen LogP contribution in [0.15, 0.2) is 28.8 Å². The van der Waals surface area contributed by atoms with Crippen LogP contribution >= 0.6 is 0 Å². The molecular weight excluding hydrogens is 406 g/mol. The van der Waals surface area contributed by atoms with Crippen LogP contribution in [0.5, 0.6) is 11.6 Å². The van der Waals surface area contributed by atoms with Crippen molar-refractivity contribution in [1.82, 2.24) is 35.2 Å². The van der Waals surface area contributed by atoms with Gasteiger partial charge in [-0.3, -0.25) is 0 Å². The number of ether oxygens (including phenoxy) is 4. The van der Waals surface area contributed by atoms with Crippen molar-refractivity contribution in [3.8, 4) is 23.1 Å². The van der Waals surface area contributed by atoms with E-state index in [9.17, 15) is 0 Å². The van der Waals surface area contributed by atoms with Gasteiger partial charge in [0.1, 0.15) is 18.1 Å². The average Bonchev–Trinajstić information content (AvgIpc) is 3.40. The van der Waals surface area contributed by atoms with Crippen molar-refractivity contribution in [3.05, 3.63) is 41.4 Å². The summed E-state index contributed by atoms with van der Waals surface area (Å²) in [4.78, 5) is 0. The second kappa shape index (κ2) is 9.45. The van der Waals surface area contributed by atoms with Crippen molar-refractivity contribution in [2.24, 2.45) is 0 Å². The molecule has 0 amide bonds. The molecule has 0 N–H and O–H groups in total. The molecule has 4 heterocycles. The second-order valence-corrected chi connectivity index (χ2v) is 6.48. The number of fused-ring (bicyclic) bond motifs is 1. The highest BCUT2D eigenvalue weighted by molar-refractivity contribution is 5.56. The van der Waals surface area contributed by atoms with Crippen molar-refractivity contribution < 1.29 is 23.5 Å². The summed E-state index contributed by atoms with van der Waals surface area (Å²) in [6.07, 6.45) is 0. The summed E-state index contributed by atoms with van der Waals surface area (Å²) < 4.78 is 28.2. The van der Waals surface area contributed by atoms with Crippen LogP contribution in [0.2, 0.25) is 0 Å². The molecular formula is C19H21N7O5. The lowest BCUT2D eigenvalue weighted by Crippen LogP contribution is -2.07. The zero-order valence-electron chi connectivity index (χ0n) is 17.3. The molecule has 0 aromatic carbocycles. The number of aromatic nitrogens is 7. The molecule has 0 saturated carbocycles. The van der Waals surface area contributed by atoms with Gasteiger partial charge in [0, 0.05) is 19.2 Å². The maximum absolute atomic E-state index is 5.83. The number of hydrogen-bond donors (Lipinski definition) is 0. The van der Waals surface area contributed by atoms with E-state index in [0.717, 1.165) is 0 Å². The summed E-state index contributed by atoms with van der Waals surface area (Å²) in [5, 5.41) is 25.0. The summed E-state index contributed by atoms with van der Waals surface area (Å²) >= 11 is 0. The molecule has 0 unspecified atom stereocenters. The first-order valence-electron chi connectivity index (χ1n) is 9.43. The molecule has 4 aromatic rings. The summed E-state index contributed by atoms with van der Waals surface area (Å²) in [6.45, 7) is 3.33. The fourth-order valence-corrected chi connectivity index (χ4v) is 2.68. The lowest BCUT2D eigenvalue weighted by atomic mass is 10.3. The van der Waals surface area contributed by atoms with Crippen molar-refractivity contribution in [3.63, 3.8) is 0 Å². The molecule has 12 nitrogen and oxygen atoms in total. The first-order chi connectivity index (χ1) is 15.2. The van der Waals surface area contributed by atoms with Crippen LogP contribution in [0.1, 0.15) is 17.1 Å². The third kappa shape index (κ3) is 4.75. The molecule has 0 aliphatic rings. The number of nitrogens with zero attached hydrogens (tertiary/aromatic N) is 7. The van der Waals surface area contributed by atoms with Crippen LogP contribution < -0.4 is 9.47 Å². The third-order valence-corrected chi connectivity index (χ3v) is 4.22. The molecule has 0 aliphatic heterocycles. The Kier molecular flexibility index (Phi) is 6.29. The molecule has 0 fully saturated rings. The van der Waals surface area contributed by atoms with Gasteiger partial charge in [0.2, 0.25) is 5.82 Å². The summed E-state index contributed by atoms with van der Waals surface area (Å²) in [7, 11) is 3.15. The van der Waals surface area contributed by atoms with E-state index in [-0.39, 0.29) is 12.5 Å². The Labute approximate surface area is 177 Å². The van der Waals surface area contributed by atoms with Crippen LogP contribution in [0.25, 0.3) is 17.2 Å². The van der Waals surface area contributed by atoms with Gasteiger partial charge in [-0.25, -0.2) is 0 Å². The normalized spacial score (nSPS) is 11.2. The van der Waals surface area contributed by atoms with Crippen LogP contribution in [0.4, 0.5) is 0 Å². The maximum atomic E-state index is 5.83. The van der Waals surface area contributed by atoms with Crippen LogP contribution in [-0.4, -0.2) is 62.6 Å². The molecule has 4 rings (SSSR count). The van der Waals surface area contributed by atoms with Gasteiger partial charge in [0.15, 0.2) is 17.1 Å². The molecule has 162 valence electrons. The van der Waals surface area contributed by atoms with E-state index in [4.69, 9.17) is 23.5 Å². The molecule has 0 spiro atoms. The Morgan fingerprint density at radius 3 is 2.45 bits per heavy atom. The zero-order valence-corrected chi connectivity index (χ0v) is 17.3. The Hall–Kier alpha value is -3.64. The van der Waals surface area contributed by atoms with Gasteiger partial charge in [-0.1, -0.05) is 5.16 Å². The molecule has 0 saturated heterocycles. The Morgan fingerprint density at radius 1 is 0.968 bits per heavy atom. The smallest absolute Gasteiger partial charge is 0.275 e. The molecule has 31 heavy (non-hydrogen) atoms. The molecule has 4 aromatic heterocycles. The van der Waals surface area contributed by atoms with E-state index in [2.05, 4.69) is 30.7 Å². The quantitative estimate of drug-likeness (QED) is 0.342. The zero-order chi connectivity index (χ0) is 21.6. The van der Waals surface area contributed by atoms with E-state index in [1.165, 1.54) is 11.6 Å².